The van der Waals surface area contributed by atoms with Gasteiger partial charge >= 0.3 is 5.97 Å². The number of benzene rings is 2. The Labute approximate surface area is 149 Å². The van der Waals surface area contributed by atoms with Gasteiger partial charge in [0.2, 0.25) is 0 Å². The van der Waals surface area contributed by atoms with E-state index in [1.165, 1.54) is 6.07 Å². The van der Waals surface area contributed by atoms with Crippen molar-refractivity contribution >= 4 is 44.3 Å². The van der Waals surface area contributed by atoms with Crippen LogP contribution in [0.15, 0.2) is 47.4 Å². The van der Waals surface area contributed by atoms with Crippen molar-refractivity contribution in [1.82, 2.24) is 0 Å². The first kappa shape index (κ1) is 17.7. The summed E-state index contributed by atoms with van der Waals surface area (Å²) < 4.78 is 32.8. The lowest BCUT2D eigenvalue weighted by atomic mass is 10.2. The Bertz CT molecular complexity index is 816. The van der Waals surface area contributed by atoms with Crippen molar-refractivity contribution in [3.8, 4) is 0 Å². The Morgan fingerprint density at radius 1 is 1.17 bits per heavy atom. The van der Waals surface area contributed by atoms with Gasteiger partial charge in [-0.1, -0.05) is 17.7 Å². The minimum Gasteiger partial charge on any atom is -0.462 e. The van der Waals surface area contributed by atoms with E-state index in [0.717, 1.165) is 5.56 Å². The van der Waals surface area contributed by atoms with Gasteiger partial charge in [-0.15, -0.1) is 0 Å². The number of ether oxygens (including phenoxy) is 1. The van der Waals surface area contributed by atoms with Gasteiger partial charge < -0.3 is 4.74 Å². The monoisotopic (exact) mass is 445 g/mol. The molecule has 0 fully saturated rings. The van der Waals surface area contributed by atoms with E-state index in [9.17, 15) is 13.2 Å². The molecule has 0 bridgehead atoms. The SMILES string of the molecule is CCOC(=O)c1ccc(NS(=O)(=O)c2ccc(C)cc2)c(I)c1. The minimum absolute atomic E-state index is 0.188. The number of aryl methyl sites for hydroxylation is 1. The number of anilines is 1. The normalized spacial score (nSPS) is 11.1. The molecule has 0 spiro atoms. The van der Waals surface area contributed by atoms with E-state index in [-0.39, 0.29) is 11.5 Å². The Morgan fingerprint density at radius 3 is 2.39 bits per heavy atom. The van der Waals surface area contributed by atoms with E-state index in [2.05, 4.69) is 4.72 Å². The van der Waals surface area contributed by atoms with Gasteiger partial charge in [-0.25, -0.2) is 13.2 Å². The van der Waals surface area contributed by atoms with Gasteiger partial charge in [0, 0.05) is 3.57 Å². The molecule has 0 aromatic heterocycles. The summed E-state index contributed by atoms with van der Waals surface area (Å²) in [5, 5.41) is 0. The van der Waals surface area contributed by atoms with E-state index in [0.29, 0.717) is 14.8 Å². The zero-order chi connectivity index (χ0) is 17.0. The molecule has 5 nitrogen and oxygen atoms in total. The third kappa shape index (κ3) is 4.44. The summed E-state index contributed by atoms with van der Waals surface area (Å²) in [6, 6.07) is 11.3. The third-order valence-corrected chi connectivity index (χ3v) is 5.33. The number of hydrogen-bond acceptors (Lipinski definition) is 4. The Kier molecular flexibility index (Phi) is 5.64. The van der Waals surface area contributed by atoms with E-state index >= 15 is 0 Å². The van der Waals surface area contributed by atoms with Crippen LogP contribution in [0.5, 0.6) is 0 Å². The molecule has 0 amide bonds. The molecule has 122 valence electrons. The first-order valence-electron chi connectivity index (χ1n) is 6.89. The smallest absolute Gasteiger partial charge is 0.338 e. The number of sulfonamides is 1. The average molecular weight is 445 g/mol. The van der Waals surface area contributed by atoms with E-state index < -0.39 is 16.0 Å². The largest absolute Gasteiger partial charge is 0.462 e. The summed E-state index contributed by atoms with van der Waals surface area (Å²) in [5.41, 5.74) is 1.78. The molecule has 7 heteroatoms. The zero-order valence-corrected chi connectivity index (χ0v) is 15.6. The fourth-order valence-corrected chi connectivity index (χ4v) is 3.77. The summed E-state index contributed by atoms with van der Waals surface area (Å²) >= 11 is 1.98. The highest BCUT2D eigenvalue weighted by Crippen LogP contribution is 2.23. The van der Waals surface area contributed by atoms with Gasteiger partial charge in [-0.3, -0.25) is 4.72 Å². The van der Waals surface area contributed by atoms with Crippen LogP contribution in [0.4, 0.5) is 5.69 Å². The second kappa shape index (κ2) is 7.31. The Hall–Kier alpha value is -1.61. The second-order valence-electron chi connectivity index (χ2n) is 4.83. The Morgan fingerprint density at radius 2 is 1.83 bits per heavy atom. The molecule has 0 saturated heterocycles. The van der Waals surface area contributed by atoms with Gasteiger partial charge in [0.1, 0.15) is 0 Å². The molecule has 2 aromatic rings. The number of halogens is 1. The van der Waals surface area contributed by atoms with Crippen LogP contribution in [0.1, 0.15) is 22.8 Å². The van der Waals surface area contributed by atoms with Crippen molar-refractivity contribution in [2.45, 2.75) is 18.7 Å². The molecule has 1 N–H and O–H groups in total. The zero-order valence-electron chi connectivity index (χ0n) is 12.7. The highest BCUT2D eigenvalue weighted by Gasteiger charge is 2.16. The fraction of sp³-hybridized carbons (Fsp3) is 0.188. The number of carbonyl (C=O) groups is 1. The van der Waals surface area contributed by atoms with Gasteiger partial charge in [0.15, 0.2) is 0 Å². The maximum absolute atomic E-state index is 12.4. The van der Waals surface area contributed by atoms with Crippen molar-refractivity contribution in [2.75, 3.05) is 11.3 Å². The summed E-state index contributed by atoms with van der Waals surface area (Å²) in [7, 11) is -3.67. The number of esters is 1. The maximum Gasteiger partial charge on any atom is 0.338 e. The molecule has 0 radical (unpaired) electrons. The molecule has 2 aromatic carbocycles. The predicted molar refractivity (Wildman–Crippen MR) is 97.1 cm³/mol. The molecule has 0 heterocycles. The van der Waals surface area contributed by atoms with Crippen LogP contribution in [0.2, 0.25) is 0 Å². The summed E-state index contributed by atoms with van der Waals surface area (Å²) in [6.07, 6.45) is 0. The summed E-state index contributed by atoms with van der Waals surface area (Å²) in [6.45, 7) is 3.91. The summed E-state index contributed by atoms with van der Waals surface area (Å²) in [5.74, 6) is -0.432. The van der Waals surface area contributed by atoms with Crippen LogP contribution < -0.4 is 4.72 Å². The molecule has 23 heavy (non-hydrogen) atoms. The topological polar surface area (TPSA) is 72.5 Å². The minimum atomic E-state index is -3.67. The molecule has 0 aliphatic rings. The van der Waals surface area contributed by atoms with Crippen LogP contribution in [0.3, 0.4) is 0 Å². The van der Waals surface area contributed by atoms with Crippen molar-refractivity contribution in [3.63, 3.8) is 0 Å². The van der Waals surface area contributed by atoms with Crippen LogP contribution in [0.25, 0.3) is 0 Å². The van der Waals surface area contributed by atoms with Gasteiger partial charge in [0.25, 0.3) is 10.0 Å². The molecule has 2 rings (SSSR count). The lowest BCUT2D eigenvalue weighted by Gasteiger charge is -2.11. The number of carbonyl (C=O) groups excluding carboxylic acids is 1. The molecule has 0 aliphatic carbocycles. The molecular weight excluding hydrogens is 429 g/mol. The highest BCUT2D eigenvalue weighted by molar-refractivity contribution is 14.1. The molecule has 0 unspecified atom stereocenters. The van der Waals surface area contributed by atoms with Crippen molar-refractivity contribution in [2.24, 2.45) is 0 Å². The van der Waals surface area contributed by atoms with Crippen LogP contribution in [-0.4, -0.2) is 21.0 Å². The summed E-state index contributed by atoms with van der Waals surface area (Å²) in [4.78, 5) is 11.9. The number of nitrogens with one attached hydrogen (secondary N) is 1. The Balaban J connectivity index is 2.26. The van der Waals surface area contributed by atoms with Gasteiger partial charge in [-0.05, 0) is 66.8 Å². The average Bonchev–Trinajstić information content (AvgIpc) is 2.50. The number of rotatable bonds is 5. The van der Waals surface area contributed by atoms with Crippen molar-refractivity contribution in [1.29, 1.82) is 0 Å². The van der Waals surface area contributed by atoms with Gasteiger partial charge in [0.05, 0.1) is 22.8 Å². The number of hydrogen-bond donors (Lipinski definition) is 1. The first-order valence-corrected chi connectivity index (χ1v) is 9.46. The van der Waals surface area contributed by atoms with E-state index in [1.807, 2.05) is 29.5 Å². The van der Waals surface area contributed by atoms with Crippen molar-refractivity contribution in [3.05, 3.63) is 57.2 Å². The first-order chi connectivity index (χ1) is 10.8. The van der Waals surface area contributed by atoms with Crippen LogP contribution >= 0.6 is 22.6 Å². The molecular formula is C16H16INO4S. The lowest BCUT2D eigenvalue weighted by Crippen LogP contribution is -2.14. The molecule has 0 atom stereocenters. The lowest BCUT2D eigenvalue weighted by molar-refractivity contribution is 0.0526. The highest BCUT2D eigenvalue weighted by atomic mass is 127. The predicted octanol–water partition coefficient (Wildman–Crippen LogP) is 3.58. The third-order valence-electron chi connectivity index (χ3n) is 3.06. The van der Waals surface area contributed by atoms with Crippen LogP contribution in [0, 0.1) is 10.5 Å². The van der Waals surface area contributed by atoms with E-state index in [1.54, 1.807) is 43.3 Å². The standard InChI is InChI=1S/C16H16INO4S/c1-3-22-16(19)12-6-9-15(14(17)10-12)18-23(20,21)13-7-4-11(2)5-8-13/h4-10,18H,3H2,1-2H3. The van der Waals surface area contributed by atoms with E-state index in [4.69, 9.17) is 4.74 Å². The van der Waals surface area contributed by atoms with Gasteiger partial charge in [-0.2, -0.15) is 0 Å². The van der Waals surface area contributed by atoms with Crippen molar-refractivity contribution < 1.29 is 17.9 Å². The fourth-order valence-electron chi connectivity index (χ4n) is 1.86. The second-order valence-corrected chi connectivity index (χ2v) is 7.68. The van der Waals surface area contributed by atoms with Crippen LogP contribution in [-0.2, 0) is 14.8 Å². The maximum atomic E-state index is 12.4. The molecule has 0 aliphatic heterocycles. The molecule has 0 saturated carbocycles. The quantitative estimate of drug-likeness (QED) is 0.564.